The number of nitrogens with two attached hydrogens (primary N) is 2. The number of phosphoric ester groups is 2. The Morgan fingerprint density at radius 1 is 0.348 bits per heavy atom. The Morgan fingerprint density at radius 3 is 1.18 bits per heavy atom. The molecule has 10 rings (SSSR count). The fourth-order valence-corrected chi connectivity index (χ4v) is 18.2. The van der Waals surface area contributed by atoms with E-state index in [2.05, 4.69) is 8.83 Å². The van der Waals surface area contributed by atoms with Crippen LogP contribution in [-0.4, -0.2) is 593 Å². The lowest BCUT2D eigenvalue weighted by atomic mass is 9.91. The number of hydrogen-bond donors (Lipinski definition) is 38. The Labute approximate surface area is 742 Å². The molecule has 0 aromatic carbocycles. The lowest BCUT2D eigenvalue weighted by Gasteiger charge is -2.52. The molecule has 0 saturated carbocycles. The van der Waals surface area contributed by atoms with Crippen LogP contribution in [0.4, 0.5) is 0 Å². The van der Waals surface area contributed by atoms with Gasteiger partial charge in [-0.25, -0.2) is 13.9 Å². The van der Waals surface area contributed by atoms with Crippen molar-refractivity contribution < 1.29 is 301 Å². The van der Waals surface area contributed by atoms with Crippen molar-refractivity contribution in [2.75, 3.05) is 79.2 Å². The molecule has 0 radical (unpaired) electrons. The molecule has 0 amide bonds. The quantitative estimate of drug-likeness (QED) is 0.0253. The second-order valence-corrected chi connectivity index (χ2v) is 35.3. The van der Waals surface area contributed by atoms with Crippen LogP contribution in [0.2, 0.25) is 0 Å². The van der Waals surface area contributed by atoms with E-state index in [1.54, 1.807) is 0 Å². The highest BCUT2D eigenvalue weighted by Crippen LogP contribution is 2.62. The van der Waals surface area contributed by atoms with Gasteiger partial charge in [-0.2, -0.15) is 4.31 Å². The Hall–Kier alpha value is -2.43. The average Bonchev–Trinajstić information content (AvgIpc) is 0.753. The summed E-state index contributed by atoms with van der Waals surface area (Å²) >= 11 is 0. The van der Waals surface area contributed by atoms with E-state index in [-0.39, 0.29) is 0 Å². The van der Waals surface area contributed by atoms with Crippen LogP contribution >= 0.6 is 15.6 Å². The number of carbonyl (C=O) groups is 1. The molecule has 10 aliphatic heterocycles. The van der Waals surface area contributed by atoms with E-state index in [1.807, 2.05) is 0 Å². The number of ether oxygens (including phenoxy) is 19. The molecule has 40 N–H and O–H groups in total. The fraction of sp³-hybridized carbons (Fsp3) is 0.985. The monoisotopic (exact) mass is 1990 g/mol. The molecule has 0 aliphatic carbocycles. The maximum absolute atomic E-state index is 14.1. The van der Waals surface area contributed by atoms with Crippen LogP contribution in [0.1, 0.15) is 6.42 Å². The zero-order chi connectivity index (χ0) is 97.8. The number of aliphatic carboxylic acids is 1. The Kier molecular flexibility index (Phi) is 40.3. The third kappa shape index (κ3) is 24.7. The summed E-state index contributed by atoms with van der Waals surface area (Å²) in [6.07, 6.45) is -126. The van der Waals surface area contributed by atoms with Gasteiger partial charge in [0.05, 0.1) is 84.8 Å². The van der Waals surface area contributed by atoms with Gasteiger partial charge in [0.2, 0.25) is 0 Å². The Bertz CT molecular complexity index is 3610. The van der Waals surface area contributed by atoms with Gasteiger partial charge in [0.25, 0.3) is 5.79 Å². The number of rotatable bonds is 40. The molecule has 772 valence electrons. The number of aliphatic hydroxyl groups excluding tert-OH is 32. The van der Waals surface area contributed by atoms with Crippen molar-refractivity contribution in [1.29, 1.82) is 0 Å². The maximum atomic E-state index is 14.1. The van der Waals surface area contributed by atoms with Gasteiger partial charge in [0, 0.05) is 13.0 Å². The van der Waals surface area contributed by atoms with E-state index in [1.165, 1.54) is 0 Å². The van der Waals surface area contributed by atoms with E-state index in [4.69, 9.17) is 106 Å². The standard InChI is InChI=1S/C67H118N2O61P2/c68-1-2-111-131(105,106)130-132(107,108)129-55-48(15(79)4-70)121-63(120-47-14(78)3-67(104,66(102)103)128-49(47)16(80)5-71)44(101)53(55)125-62-43(100)51(41(98)46(119-62)18(82)13-110-58-38(95)35(92)37(94)45(118-58)17(81)12-109-57-25(69)32(89)26(83)19(6-72)112-57)122-61-42(99)50(30(87)23(10-76)115-61)123-65-56(52(31(88)24(11-77)117-65)124-59-39(96)33(90)27(84)20(7-73)113-59)127-64-54(36(93)29(86)22(9-75)116-64)126-60-40(97)34(91)28(85)21(8-74)114-60/h14-65,70-101,104H,1-13,68-69H2,(H,102,103)(H,105,106)(H,107,108)/t14-,15+,16-,17+,18+,19-,20-,21-,22-,23-,24-,25-,26-,27-,28+,29+,30-,31-,32-,33+,34+,35+,36+,37+,38+,39-,40-,41-,42-,43+,44+,45-,46-,47-,48-,49-,50+,51+,52+,53-,54-,55-,56-,57+,58+,59+,60-,61-,62-,63+,64-,65-,67-/m1/s1. The Balaban J connectivity index is 1.04. The third-order valence-electron chi connectivity index (χ3n) is 23.3. The summed E-state index contributed by atoms with van der Waals surface area (Å²) in [5, 5.41) is 379. The molecule has 0 aromatic rings. The highest BCUT2D eigenvalue weighted by Gasteiger charge is 2.64. The van der Waals surface area contributed by atoms with Gasteiger partial charge in [-0.05, 0) is 0 Å². The predicted molar refractivity (Wildman–Crippen MR) is 395 cm³/mol. The van der Waals surface area contributed by atoms with Gasteiger partial charge in [0.1, 0.15) is 250 Å². The van der Waals surface area contributed by atoms with E-state index in [9.17, 15) is 197 Å². The van der Waals surface area contributed by atoms with Crippen molar-refractivity contribution >= 4 is 21.6 Å². The van der Waals surface area contributed by atoms with E-state index in [0.717, 1.165) is 0 Å². The molecule has 132 heavy (non-hydrogen) atoms. The van der Waals surface area contributed by atoms with Gasteiger partial charge in [-0.15, -0.1) is 0 Å². The minimum atomic E-state index is -6.51. The third-order valence-corrected chi connectivity index (χ3v) is 26.0. The summed E-state index contributed by atoms with van der Waals surface area (Å²) in [4.78, 5) is 34.1. The second-order valence-electron chi connectivity index (χ2n) is 32.3. The molecule has 65 heteroatoms. The SMILES string of the molecule is NCCOP(=O)(O)OP(=O)(O)O[C@H]1[C@H](O[C@H]2O[C@H]([C@@H](O)CO[C@H]3O[C@H]([C@@H](O)CO[C@H]4O[C@H](CO)[C@@H](O)[C@H](O)[C@H]4N)[C@@H](O)[C@H](O)[C@@H]3O)[C@@H](O)[C@H](O[C@H]3O[C@H](CO)[C@@H](O)[C@H](O[C@H]4O[C@H](CO)[C@@H](O)[C@H](O[C@@H]5O[C@H](CO)[C@@H](O)[C@H](O)[C@H]5O)[C@H]4O[C@H]4O[C@H](CO)[C@H](O)[C@H](O)[C@H]4O[C@H]4O[C@H](CO)[C@H](O)[C@H](O)[C@H]4O)[C@H]3O)[C@@H]2O)[C@H](O)[C@@H](O[C@H]2[C@@H]([C@H](O)CO)O[C@@](O)(C(=O)O)C[C@H]2O)O[C@@H]1[C@@H](O)CO. The van der Waals surface area contributed by atoms with Crippen LogP contribution in [0.15, 0.2) is 0 Å². The van der Waals surface area contributed by atoms with Gasteiger partial charge >= 0.3 is 21.6 Å². The molecule has 0 spiro atoms. The van der Waals surface area contributed by atoms with E-state index < -0.39 is 432 Å². The summed E-state index contributed by atoms with van der Waals surface area (Å²) in [6.45, 7) is -14.4. The first-order valence-corrected chi connectivity index (χ1v) is 43.8. The summed E-state index contributed by atoms with van der Waals surface area (Å²) in [7, 11) is -12.4. The first-order valence-electron chi connectivity index (χ1n) is 40.8. The zero-order valence-electron chi connectivity index (χ0n) is 68.6. The maximum Gasteiger partial charge on any atom is 0.481 e. The van der Waals surface area contributed by atoms with Crippen LogP contribution in [0.3, 0.4) is 0 Å². The first kappa shape index (κ1) is 112. The molecular weight excluding hydrogens is 1870 g/mol. The van der Waals surface area contributed by atoms with Crippen molar-refractivity contribution in [3.8, 4) is 0 Å². The molecule has 63 nitrogen and oxygen atoms in total. The lowest BCUT2D eigenvalue weighted by Crippen LogP contribution is -2.70. The number of aliphatic hydroxyl groups is 33. The first-order chi connectivity index (χ1) is 62.1. The minimum Gasteiger partial charge on any atom is -0.477 e. The molecule has 10 aliphatic rings. The Morgan fingerprint density at radius 2 is 0.689 bits per heavy atom. The average molecular weight is 1990 g/mol. The summed E-state index contributed by atoms with van der Waals surface area (Å²) in [5.41, 5.74) is 11.3. The molecule has 0 aromatic heterocycles. The number of phosphoric acid groups is 2. The number of hydrogen-bond acceptors (Lipinski definition) is 60. The second kappa shape index (κ2) is 47.6. The van der Waals surface area contributed by atoms with Crippen LogP contribution in [0.25, 0.3) is 0 Å². The van der Waals surface area contributed by atoms with Gasteiger partial charge in [0.15, 0.2) is 56.6 Å². The summed E-state index contributed by atoms with van der Waals surface area (Å²) in [5.74, 6) is -5.67. The van der Waals surface area contributed by atoms with Crippen molar-refractivity contribution in [2.45, 2.75) is 331 Å². The largest absolute Gasteiger partial charge is 0.481 e. The molecule has 10 heterocycles. The van der Waals surface area contributed by atoms with Crippen molar-refractivity contribution in [3.05, 3.63) is 0 Å². The predicted octanol–water partition coefficient (Wildman–Crippen LogP) is -24.7. The molecule has 10 saturated heterocycles. The van der Waals surface area contributed by atoms with Gasteiger partial charge in [-0.1, -0.05) is 0 Å². The minimum absolute atomic E-state index is 0.590. The molecule has 10 fully saturated rings. The van der Waals surface area contributed by atoms with Crippen LogP contribution in [-0.2, 0) is 117 Å². The summed E-state index contributed by atoms with van der Waals surface area (Å²) in [6, 6.07) is -1.59. The molecular formula is C67H118N2O61P2. The lowest BCUT2D eigenvalue weighted by molar-refractivity contribution is -0.419. The topological polar surface area (TPSA) is 1030 Å². The number of carboxylic acids is 1. The summed E-state index contributed by atoms with van der Waals surface area (Å²) < 4.78 is 151. The highest BCUT2D eigenvalue weighted by atomic mass is 31.3. The normalized spacial score (nSPS) is 49.0. The highest BCUT2D eigenvalue weighted by molar-refractivity contribution is 7.61. The van der Waals surface area contributed by atoms with E-state index in [0.29, 0.717) is 0 Å². The molecule has 2 unspecified atom stereocenters. The number of carboxylic acid groups (broad SMARTS) is 1. The fourth-order valence-electron chi connectivity index (χ4n) is 16.0. The molecule has 55 atom stereocenters. The van der Waals surface area contributed by atoms with Crippen LogP contribution in [0.5, 0.6) is 0 Å². The van der Waals surface area contributed by atoms with E-state index >= 15 is 0 Å². The zero-order valence-corrected chi connectivity index (χ0v) is 70.4. The van der Waals surface area contributed by atoms with Crippen LogP contribution in [0, 0.1) is 0 Å². The van der Waals surface area contributed by atoms with Gasteiger partial charge in [-0.3, -0.25) is 9.05 Å². The van der Waals surface area contributed by atoms with Crippen molar-refractivity contribution in [2.24, 2.45) is 11.5 Å². The smallest absolute Gasteiger partial charge is 0.477 e. The van der Waals surface area contributed by atoms with Gasteiger partial charge < -0.3 is 285 Å². The van der Waals surface area contributed by atoms with Crippen molar-refractivity contribution in [3.63, 3.8) is 0 Å². The molecule has 0 bridgehead atoms. The van der Waals surface area contributed by atoms with Crippen molar-refractivity contribution in [1.82, 2.24) is 0 Å². The van der Waals surface area contributed by atoms with Crippen LogP contribution < -0.4 is 11.5 Å².